The lowest BCUT2D eigenvalue weighted by atomic mass is 9.81. The van der Waals surface area contributed by atoms with Crippen molar-refractivity contribution in [1.29, 1.82) is 0 Å². The first kappa shape index (κ1) is 13.8. The molecule has 0 amide bonds. The molecule has 0 aliphatic carbocycles. The number of nitrogens with one attached hydrogen (secondary N) is 1. The third-order valence-corrected chi connectivity index (χ3v) is 4.93. The van der Waals surface area contributed by atoms with E-state index in [0.29, 0.717) is 5.82 Å². The summed E-state index contributed by atoms with van der Waals surface area (Å²) in [5, 5.41) is 7.52. The van der Waals surface area contributed by atoms with E-state index in [2.05, 4.69) is 51.3 Å². The summed E-state index contributed by atoms with van der Waals surface area (Å²) in [5.74, 6) is 1.42. The van der Waals surface area contributed by atoms with Gasteiger partial charge in [0, 0.05) is 15.5 Å². The van der Waals surface area contributed by atoms with Crippen molar-refractivity contribution >= 4 is 15.9 Å². The maximum atomic E-state index is 5.53. The first-order valence-corrected chi connectivity index (χ1v) is 7.69. The number of hydrogen-bond donors (Lipinski definition) is 1. The maximum absolute atomic E-state index is 5.53. The average Bonchev–Trinajstić information content (AvgIpc) is 2.93. The quantitative estimate of drug-likeness (QED) is 0.913. The lowest BCUT2D eigenvalue weighted by Gasteiger charge is -2.30. The maximum Gasteiger partial charge on any atom is 0.232 e. The molecule has 1 aliphatic rings. The average molecular weight is 336 g/mol. The van der Waals surface area contributed by atoms with Crippen LogP contribution in [0.2, 0.25) is 0 Å². The van der Waals surface area contributed by atoms with Crippen LogP contribution in [-0.4, -0.2) is 23.2 Å². The highest BCUT2D eigenvalue weighted by atomic mass is 79.9. The van der Waals surface area contributed by atoms with E-state index in [1.165, 1.54) is 5.56 Å². The highest BCUT2D eigenvalue weighted by Crippen LogP contribution is 2.33. The highest BCUT2D eigenvalue weighted by molar-refractivity contribution is 9.10. The molecule has 3 rings (SSSR count). The first-order valence-electron chi connectivity index (χ1n) is 6.90. The van der Waals surface area contributed by atoms with Gasteiger partial charge in [0.2, 0.25) is 11.7 Å². The van der Waals surface area contributed by atoms with Gasteiger partial charge in [-0.1, -0.05) is 40.1 Å². The Kier molecular flexibility index (Phi) is 3.65. The van der Waals surface area contributed by atoms with Crippen LogP contribution in [0.5, 0.6) is 0 Å². The Hall–Kier alpha value is -1.20. The van der Waals surface area contributed by atoms with Crippen LogP contribution in [0.15, 0.2) is 27.2 Å². The monoisotopic (exact) mass is 335 g/mol. The van der Waals surface area contributed by atoms with Gasteiger partial charge in [0.15, 0.2) is 0 Å². The number of aromatic nitrogens is 2. The number of rotatable bonds is 2. The van der Waals surface area contributed by atoms with E-state index in [9.17, 15) is 0 Å². The first-order chi connectivity index (χ1) is 9.58. The number of benzene rings is 1. The molecule has 0 saturated carbocycles. The van der Waals surface area contributed by atoms with Crippen molar-refractivity contribution in [3.8, 4) is 11.4 Å². The summed E-state index contributed by atoms with van der Waals surface area (Å²) in [4.78, 5) is 4.62. The second-order valence-electron chi connectivity index (χ2n) is 5.70. The lowest BCUT2D eigenvalue weighted by molar-refractivity contribution is 0.241. The van der Waals surface area contributed by atoms with Gasteiger partial charge in [-0.15, -0.1) is 0 Å². The molecule has 0 radical (unpaired) electrons. The van der Waals surface area contributed by atoms with Crippen LogP contribution in [0.25, 0.3) is 11.4 Å². The number of halogens is 1. The molecule has 1 aliphatic heterocycles. The summed E-state index contributed by atoms with van der Waals surface area (Å²) in [6.45, 7) is 6.27. The summed E-state index contributed by atoms with van der Waals surface area (Å²) < 4.78 is 6.59. The molecular weight excluding hydrogens is 318 g/mol. The number of hydrogen-bond acceptors (Lipinski definition) is 4. The van der Waals surface area contributed by atoms with Crippen molar-refractivity contribution in [2.24, 2.45) is 0 Å². The molecule has 0 atom stereocenters. The third kappa shape index (κ3) is 2.52. The van der Waals surface area contributed by atoms with E-state index in [1.807, 2.05) is 12.1 Å². The molecule has 0 unspecified atom stereocenters. The van der Waals surface area contributed by atoms with Crippen molar-refractivity contribution in [3.63, 3.8) is 0 Å². The van der Waals surface area contributed by atoms with Crippen molar-refractivity contribution in [2.45, 2.75) is 32.1 Å². The summed E-state index contributed by atoms with van der Waals surface area (Å²) in [6, 6.07) is 6.12. The van der Waals surface area contributed by atoms with Crippen molar-refractivity contribution < 1.29 is 4.52 Å². The van der Waals surface area contributed by atoms with E-state index < -0.39 is 0 Å². The smallest absolute Gasteiger partial charge is 0.232 e. The fourth-order valence-electron chi connectivity index (χ4n) is 2.51. The van der Waals surface area contributed by atoms with Crippen LogP contribution in [0.1, 0.15) is 31.2 Å². The van der Waals surface area contributed by atoms with E-state index in [0.717, 1.165) is 41.9 Å². The Morgan fingerprint density at radius 3 is 2.75 bits per heavy atom. The second-order valence-corrected chi connectivity index (χ2v) is 6.55. The number of piperidine rings is 1. The molecule has 20 heavy (non-hydrogen) atoms. The summed E-state index contributed by atoms with van der Waals surface area (Å²) in [6.07, 6.45) is 2.07. The Balaban J connectivity index is 1.91. The van der Waals surface area contributed by atoms with Gasteiger partial charge < -0.3 is 9.84 Å². The Labute approximate surface area is 127 Å². The molecule has 1 N–H and O–H groups in total. The van der Waals surface area contributed by atoms with Gasteiger partial charge in [0.1, 0.15) is 0 Å². The fourth-order valence-corrected chi connectivity index (χ4v) is 2.89. The molecule has 106 valence electrons. The normalized spacial score (nSPS) is 18.1. The van der Waals surface area contributed by atoms with Crippen molar-refractivity contribution in [1.82, 2.24) is 15.5 Å². The molecule has 4 nitrogen and oxygen atoms in total. The molecular formula is C15H18BrN3O. The molecule has 0 spiro atoms. The van der Waals surface area contributed by atoms with Gasteiger partial charge in [-0.3, -0.25) is 0 Å². The van der Waals surface area contributed by atoms with Crippen molar-refractivity contribution in [3.05, 3.63) is 34.1 Å². The highest BCUT2D eigenvalue weighted by Gasteiger charge is 2.34. The van der Waals surface area contributed by atoms with Gasteiger partial charge in [-0.2, -0.15) is 4.98 Å². The van der Waals surface area contributed by atoms with Gasteiger partial charge in [0.25, 0.3) is 0 Å². The zero-order valence-electron chi connectivity index (χ0n) is 11.7. The summed E-state index contributed by atoms with van der Waals surface area (Å²) in [7, 11) is 0. The Bertz CT molecular complexity index is 617. The molecule has 1 saturated heterocycles. The predicted octanol–water partition coefficient (Wildman–Crippen LogP) is 3.45. The largest absolute Gasteiger partial charge is 0.338 e. The molecule has 1 aromatic heterocycles. The third-order valence-electron chi connectivity index (χ3n) is 4.08. The van der Waals surface area contributed by atoms with E-state index in [-0.39, 0.29) is 5.41 Å². The fraction of sp³-hybridized carbons (Fsp3) is 0.467. The van der Waals surface area contributed by atoms with Gasteiger partial charge in [-0.25, -0.2) is 0 Å². The zero-order chi connectivity index (χ0) is 14.2. The van der Waals surface area contributed by atoms with E-state index in [1.54, 1.807) is 0 Å². The second kappa shape index (κ2) is 5.30. The standard InChI is InChI=1S/C15H18BrN3O/c1-10-3-4-11(9-12(10)16)13-18-14(20-19-13)15(2)5-7-17-8-6-15/h3-4,9,17H,5-8H2,1-2H3. The molecule has 2 aromatic rings. The lowest BCUT2D eigenvalue weighted by Crippen LogP contribution is -2.37. The van der Waals surface area contributed by atoms with Gasteiger partial charge in [-0.05, 0) is 44.5 Å². The SMILES string of the molecule is Cc1ccc(-c2noc(C3(C)CCNCC3)n2)cc1Br. The summed E-state index contributed by atoms with van der Waals surface area (Å²) >= 11 is 3.54. The Morgan fingerprint density at radius 1 is 1.30 bits per heavy atom. The number of aryl methyl sites for hydroxylation is 1. The van der Waals surface area contributed by atoms with Crippen LogP contribution in [0.4, 0.5) is 0 Å². The summed E-state index contributed by atoms with van der Waals surface area (Å²) in [5.41, 5.74) is 2.18. The predicted molar refractivity (Wildman–Crippen MR) is 81.6 cm³/mol. The van der Waals surface area contributed by atoms with Gasteiger partial charge in [0.05, 0.1) is 0 Å². The molecule has 5 heteroatoms. The van der Waals surface area contributed by atoms with Crippen LogP contribution >= 0.6 is 15.9 Å². The van der Waals surface area contributed by atoms with Crippen LogP contribution in [-0.2, 0) is 5.41 Å². The Morgan fingerprint density at radius 2 is 2.05 bits per heavy atom. The topological polar surface area (TPSA) is 51.0 Å². The van der Waals surface area contributed by atoms with E-state index >= 15 is 0 Å². The molecule has 2 heterocycles. The van der Waals surface area contributed by atoms with Crippen LogP contribution in [0.3, 0.4) is 0 Å². The minimum Gasteiger partial charge on any atom is -0.338 e. The zero-order valence-corrected chi connectivity index (χ0v) is 13.3. The minimum absolute atomic E-state index is 0.00156. The van der Waals surface area contributed by atoms with E-state index in [4.69, 9.17) is 4.52 Å². The minimum atomic E-state index is -0.00156. The van der Waals surface area contributed by atoms with Crippen molar-refractivity contribution in [2.75, 3.05) is 13.1 Å². The van der Waals surface area contributed by atoms with Crippen LogP contribution in [0, 0.1) is 6.92 Å². The number of nitrogens with zero attached hydrogens (tertiary/aromatic N) is 2. The molecule has 1 fully saturated rings. The molecule has 0 bridgehead atoms. The molecule has 1 aromatic carbocycles. The van der Waals surface area contributed by atoms with Gasteiger partial charge >= 0.3 is 0 Å². The van der Waals surface area contributed by atoms with Crippen LogP contribution < -0.4 is 5.32 Å².